The van der Waals surface area contributed by atoms with Crippen molar-refractivity contribution in [3.8, 4) is 0 Å². The largest absolute Gasteiger partial charge is 0.310 e. The van der Waals surface area contributed by atoms with Gasteiger partial charge in [-0.05, 0) is 36.5 Å². The van der Waals surface area contributed by atoms with Gasteiger partial charge in [0.05, 0.1) is 5.02 Å². The number of hydrogen-bond donors (Lipinski definition) is 1. The summed E-state index contributed by atoms with van der Waals surface area (Å²) in [6, 6.07) is 5.42. The van der Waals surface area contributed by atoms with E-state index in [2.05, 4.69) is 26.1 Å². The third kappa shape index (κ3) is 4.95. The molecule has 0 aliphatic rings. The van der Waals surface area contributed by atoms with Gasteiger partial charge < -0.3 is 5.32 Å². The van der Waals surface area contributed by atoms with Crippen LogP contribution in [0.4, 0.5) is 4.39 Å². The van der Waals surface area contributed by atoms with Crippen LogP contribution in [0.3, 0.4) is 0 Å². The number of benzene rings is 1. The molecule has 0 heterocycles. The van der Waals surface area contributed by atoms with E-state index < -0.39 is 0 Å². The van der Waals surface area contributed by atoms with Gasteiger partial charge in [0.25, 0.3) is 0 Å². The van der Waals surface area contributed by atoms with Crippen molar-refractivity contribution < 1.29 is 4.39 Å². The highest BCUT2D eigenvalue weighted by Gasteiger charge is 2.10. The van der Waals surface area contributed by atoms with Crippen LogP contribution >= 0.6 is 11.6 Å². The second-order valence-corrected chi connectivity index (χ2v) is 5.39. The molecule has 1 aromatic rings. The molecule has 18 heavy (non-hydrogen) atoms. The van der Waals surface area contributed by atoms with Gasteiger partial charge in [0.1, 0.15) is 5.82 Å². The van der Waals surface area contributed by atoms with Gasteiger partial charge in [-0.2, -0.15) is 0 Å². The van der Waals surface area contributed by atoms with Crippen molar-refractivity contribution >= 4 is 11.6 Å². The molecule has 0 fully saturated rings. The smallest absolute Gasteiger partial charge is 0.141 e. The molecule has 0 spiro atoms. The van der Waals surface area contributed by atoms with Gasteiger partial charge in [-0.15, -0.1) is 0 Å². The molecule has 0 aromatic heterocycles. The zero-order chi connectivity index (χ0) is 13.5. The van der Waals surface area contributed by atoms with E-state index in [1.807, 2.05) is 0 Å². The van der Waals surface area contributed by atoms with Crippen molar-refractivity contribution in [3.05, 3.63) is 34.6 Å². The van der Waals surface area contributed by atoms with Crippen molar-refractivity contribution in [1.82, 2.24) is 5.32 Å². The summed E-state index contributed by atoms with van der Waals surface area (Å²) in [6.45, 7) is 7.43. The topological polar surface area (TPSA) is 12.0 Å². The Morgan fingerprint density at radius 1 is 1.28 bits per heavy atom. The summed E-state index contributed by atoms with van der Waals surface area (Å²) in [5.41, 5.74) is 1.03. The van der Waals surface area contributed by atoms with Crippen molar-refractivity contribution in [2.45, 2.75) is 52.6 Å². The van der Waals surface area contributed by atoms with Crippen LogP contribution in [0.1, 0.15) is 45.6 Å². The molecule has 2 atom stereocenters. The lowest BCUT2D eigenvalue weighted by molar-refractivity contribution is 0.384. The minimum atomic E-state index is -0.355. The highest BCUT2D eigenvalue weighted by atomic mass is 35.5. The molecule has 0 bridgehead atoms. The molecule has 0 saturated heterocycles. The fourth-order valence-electron chi connectivity index (χ4n) is 1.96. The molecule has 2 unspecified atom stereocenters. The Morgan fingerprint density at radius 2 is 2.00 bits per heavy atom. The summed E-state index contributed by atoms with van der Waals surface area (Å²) in [5.74, 6) is 0.381. The molecular weight excluding hydrogens is 249 g/mol. The molecule has 0 saturated carbocycles. The maximum atomic E-state index is 13.0. The Hall–Kier alpha value is -0.600. The molecule has 0 amide bonds. The van der Waals surface area contributed by atoms with Crippen LogP contribution in [0.25, 0.3) is 0 Å². The van der Waals surface area contributed by atoms with E-state index in [0.717, 1.165) is 24.4 Å². The van der Waals surface area contributed by atoms with Crippen LogP contribution < -0.4 is 5.32 Å². The predicted octanol–water partition coefficient (Wildman–Crippen LogP) is 4.78. The second kappa shape index (κ2) is 7.75. The minimum Gasteiger partial charge on any atom is -0.310 e. The zero-order valence-electron chi connectivity index (χ0n) is 11.5. The predicted molar refractivity (Wildman–Crippen MR) is 76.4 cm³/mol. The molecule has 1 rings (SSSR count). The molecule has 1 N–H and O–H groups in total. The van der Waals surface area contributed by atoms with Gasteiger partial charge in [-0.25, -0.2) is 4.39 Å². The normalized spacial score (nSPS) is 14.5. The van der Waals surface area contributed by atoms with Gasteiger partial charge in [0.15, 0.2) is 0 Å². The highest BCUT2D eigenvalue weighted by molar-refractivity contribution is 6.30. The Bertz CT molecular complexity index is 368. The van der Waals surface area contributed by atoms with Gasteiger partial charge in [-0.3, -0.25) is 0 Å². The molecule has 1 aromatic carbocycles. The maximum Gasteiger partial charge on any atom is 0.141 e. The standard InChI is InChI=1S/C15H23ClFN/c1-4-11(3)8-13(5-2)18-10-12-6-7-15(17)14(16)9-12/h6-7,9,11,13,18H,4-5,8,10H2,1-3H3. The first-order chi connectivity index (χ1) is 8.56. The zero-order valence-corrected chi connectivity index (χ0v) is 12.2. The molecule has 0 aliphatic heterocycles. The first-order valence-corrected chi connectivity index (χ1v) is 7.11. The van der Waals surface area contributed by atoms with Crippen LogP contribution in [0, 0.1) is 11.7 Å². The van der Waals surface area contributed by atoms with E-state index in [-0.39, 0.29) is 10.8 Å². The minimum absolute atomic E-state index is 0.198. The first-order valence-electron chi connectivity index (χ1n) is 6.74. The van der Waals surface area contributed by atoms with E-state index >= 15 is 0 Å². The maximum absolute atomic E-state index is 13.0. The van der Waals surface area contributed by atoms with Gasteiger partial charge >= 0.3 is 0 Å². The van der Waals surface area contributed by atoms with E-state index in [9.17, 15) is 4.39 Å². The SMILES string of the molecule is CCC(C)CC(CC)NCc1ccc(F)c(Cl)c1. The third-order valence-corrected chi connectivity index (χ3v) is 3.75. The van der Waals surface area contributed by atoms with Crippen molar-refractivity contribution in [2.24, 2.45) is 5.92 Å². The summed E-state index contributed by atoms with van der Waals surface area (Å²) in [5, 5.41) is 3.71. The lowest BCUT2D eigenvalue weighted by atomic mass is 9.97. The van der Waals surface area contributed by atoms with Gasteiger partial charge in [0, 0.05) is 12.6 Å². The summed E-state index contributed by atoms with van der Waals surface area (Å²) in [4.78, 5) is 0. The molecular formula is C15H23ClFN. The number of hydrogen-bond acceptors (Lipinski definition) is 1. The van der Waals surface area contributed by atoms with Crippen LogP contribution in [0.15, 0.2) is 18.2 Å². The van der Waals surface area contributed by atoms with E-state index in [1.54, 1.807) is 12.1 Å². The lowest BCUT2D eigenvalue weighted by Crippen LogP contribution is -2.29. The number of rotatable bonds is 7. The molecule has 0 aliphatic carbocycles. The van der Waals surface area contributed by atoms with E-state index in [4.69, 9.17) is 11.6 Å². The summed E-state index contributed by atoms with van der Waals surface area (Å²) in [7, 11) is 0. The van der Waals surface area contributed by atoms with Crippen molar-refractivity contribution in [1.29, 1.82) is 0 Å². The fraction of sp³-hybridized carbons (Fsp3) is 0.600. The first kappa shape index (κ1) is 15.5. The quantitative estimate of drug-likeness (QED) is 0.752. The van der Waals surface area contributed by atoms with Crippen molar-refractivity contribution in [2.75, 3.05) is 0 Å². The van der Waals surface area contributed by atoms with Gasteiger partial charge in [0.2, 0.25) is 0 Å². The van der Waals surface area contributed by atoms with E-state index in [0.29, 0.717) is 6.04 Å². The Morgan fingerprint density at radius 3 is 2.56 bits per heavy atom. The molecule has 102 valence electrons. The van der Waals surface area contributed by atoms with E-state index in [1.165, 1.54) is 18.9 Å². The Kier molecular flexibility index (Phi) is 6.66. The van der Waals surface area contributed by atoms with Gasteiger partial charge in [-0.1, -0.05) is 44.9 Å². The van der Waals surface area contributed by atoms with Crippen molar-refractivity contribution in [3.63, 3.8) is 0 Å². The molecule has 3 heteroatoms. The Balaban J connectivity index is 2.49. The van der Waals surface area contributed by atoms with Crippen LogP contribution in [0.5, 0.6) is 0 Å². The summed E-state index contributed by atoms with van der Waals surface area (Å²) < 4.78 is 13.0. The fourth-order valence-corrected chi connectivity index (χ4v) is 2.16. The number of halogens is 2. The van der Waals surface area contributed by atoms with Crippen LogP contribution in [-0.2, 0) is 6.54 Å². The summed E-state index contributed by atoms with van der Waals surface area (Å²) in [6.07, 6.45) is 3.50. The third-order valence-electron chi connectivity index (χ3n) is 3.46. The summed E-state index contributed by atoms with van der Waals surface area (Å²) >= 11 is 5.77. The van der Waals surface area contributed by atoms with Crippen LogP contribution in [0.2, 0.25) is 5.02 Å². The average Bonchev–Trinajstić information content (AvgIpc) is 2.38. The highest BCUT2D eigenvalue weighted by Crippen LogP contribution is 2.17. The van der Waals surface area contributed by atoms with Crippen LogP contribution in [-0.4, -0.2) is 6.04 Å². The molecule has 1 nitrogen and oxygen atoms in total. The number of nitrogens with one attached hydrogen (secondary N) is 1. The average molecular weight is 272 g/mol. The lowest BCUT2D eigenvalue weighted by Gasteiger charge is -2.20. The monoisotopic (exact) mass is 271 g/mol. The second-order valence-electron chi connectivity index (χ2n) is 4.98. The Labute approximate surface area is 115 Å². The molecule has 0 radical (unpaired) electrons.